The Bertz CT molecular complexity index is 1320. The van der Waals surface area contributed by atoms with Crippen molar-refractivity contribution in [1.82, 2.24) is 5.32 Å². The number of anilines is 1. The summed E-state index contributed by atoms with van der Waals surface area (Å²) in [6, 6.07) is 15.8. The molecule has 0 bridgehead atoms. The molecule has 2 N–H and O–H groups in total. The van der Waals surface area contributed by atoms with Crippen LogP contribution in [0.15, 0.2) is 65.6 Å². The number of halogens is 1. The van der Waals surface area contributed by atoms with E-state index >= 15 is 0 Å². The first-order valence-corrected chi connectivity index (χ1v) is 12.4. The van der Waals surface area contributed by atoms with Gasteiger partial charge < -0.3 is 10.1 Å². The SMILES string of the molecule is CCNC(=O)c1ccc(Oc2ccc(CC(C)=O)cc2Cl)c(NS(=O)(=O)c2ccc(C)cc2)c1. The van der Waals surface area contributed by atoms with Gasteiger partial charge in [-0.3, -0.25) is 14.3 Å². The molecule has 0 aromatic heterocycles. The van der Waals surface area contributed by atoms with Gasteiger partial charge in [0.05, 0.1) is 15.6 Å². The van der Waals surface area contributed by atoms with Crippen molar-refractivity contribution < 1.29 is 22.7 Å². The molecule has 0 atom stereocenters. The molecule has 178 valence electrons. The number of hydrogen-bond acceptors (Lipinski definition) is 5. The quantitative estimate of drug-likeness (QED) is 0.424. The largest absolute Gasteiger partial charge is 0.454 e. The Kier molecular flexibility index (Phi) is 7.96. The number of sulfonamides is 1. The molecule has 3 rings (SSSR count). The van der Waals surface area contributed by atoms with Crippen molar-refractivity contribution in [3.63, 3.8) is 0 Å². The van der Waals surface area contributed by atoms with E-state index < -0.39 is 10.0 Å². The number of benzene rings is 3. The average Bonchev–Trinajstić information content (AvgIpc) is 2.76. The van der Waals surface area contributed by atoms with E-state index in [9.17, 15) is 18.0 Å². The lowest BCUT2D eigenvalue weighted by Gasteiger charge is -2.16. The molecule has 0 spiro atoms. The number of amides is 1. The van der Waals surface area contributed by atoms with Crippen LogP contribution < -0.4 is 14.8 Å². The molecule has 0 aliphatic heterocycles. The lowest BCUT2D eigenvalue weighted by molar-refractivity contribution is -0.116. The van der Waals surface area contributed by atoms with Crippen molar-refractivity contribution in [2.75, 3.05) is 11.3 Å². The lowest BCUT2D eigenvalue weighted by Crippen LogP contribution is -2.23. The number of ketones is 1. The van der Waals surface area contributed by atoms with Crippen molar-refractivity contribution in [1.29, 1.82) is 0 Å². The third kappa shape index (κ3) is 6.36. The smallest absolute Gasteiger partial charge is 0.262 e. The van der Waals surface area contributed by atoms with Gasteiger partial charge >= 0.3 is 0 Å². The first-order valence-electron chi connectivity index (χ1n) is 10.6. The number of rotatable bonds is 9. The number of ether oxygens (including phenoxy) is 1. The predicted octanol–water partition coefficient (Wildman–Crippen LogP) is 5.12. The summed E-state index contributed by atoms with van der Waals surface area (Å²) in [5, 5.41) is 2.95. The highest BCUT2D eigenvalue weighted by Gasteiger charge is 2.19. The summed E-state index contributed by atoms with van der Waals surface area (Å²) in [6.07, 6.45) is 0.239. The summed E-state index contributed by atoms with van der Waals surface area (Å²) in [5.41, 5.74) is 1.99. The van der Waals surface area contributed by atoms with Crippen LogP contribution in [0.4, 0.5) is 5.69 Å². The van der Waals surface area contributed by atoms with Crippen molar-refractivity contribution in [2.45, 2.75) is 32.1 Å². The van der Waals surface area contributed by atoms with Crippen molar-refractivity contribution in [2.24, 2.45) is 0 Å². The highest BCUT2D eigenvalue weighted by Crippen LogP contribution is 2.36. The first kappa shape index (κ1) is 25.3. The van der Waals surface area contributed by atoms with E-state index in [1.165, 1.54) is 37.3 Å². The molecule has 7 nitrogen and oxygen atoms in total. The fraction of sp³-hybridized carbons (Fsp3) is 0.200. The standard InChI is InChI=1S/C25H25ClN2O5S/c1-4-27-25(30)19-8-12-24(33-23-11-7-18(13-17(3)29)14-21(23)26)22(15-19)28-34(31,32)20-9-5-16(2)6-10-20/h5-12,14-15,28H,4,13H2,1-3H3,(H,27,30). The molecule has 0 aliphatic carbocycles. The molecule has 0 saturated heterocycles. The molecule has 3 aromatic rings. The Morgan fingerprint density at radius 2 is 1.65 bits per heavy atom. The van der Waals surface area contributed by atoms with Crippen molar-refractivity contribution >= 4 is 39.0 Å². The Hall–Kier alpha value is -3.36. The summed E-state index contributed by atoms with van der Waals surface area (Å²) >= 11 is 6.34. The van der Waals surface area contributed by atoms with Crippen LogP contribution in [0.2, 0.25) is 5.02 Å². The van der Waals surface area contributed by atoms with E-state index in [2.05, 4.69) is 10.0 Å². The number of carbonyl (C=O) groups excluding carboxylic acids is 2. The second-order valence-corrected chi connectivity index (χ2v) is 9.82. The van der Waals surface area contributed by atoms with Crippen LogP contribution in [0.5, 0.6) is 11.5 Å². The molecule has 3 aromatic carbocycles. The molecule has 0 unspecified atom stereocenters. The Balaban J connectivity index is 1.99. The first-order chi connectivity index (χ1) is 16.1. The second-order valence-electron chi connectivity index (χ2n) is 7.73. The third-order valence-electron chi connectivity index (χ3n) is 4.82. The zero-order valence-electron chi connectivity index (χ0n) is 19.0. The van der Waals surface area contributed by atoms with Gasteiger partial charge in [0.25, 0.3) is 15.9 Å². The number of hydrogen-bond donors (Lipinski definition) is 2. The maximum absolute atomic E-state index is 13.0. The van der Waals surface area contributed by atoms with Crippen LogP contribution in [0.25, 0.3) is 0 Å². The molecule has 0 fully saturated rings. The van der Waals surface area contributed by atoms with Gasteiger partial charge in [-0.25, -0.2) is 8.42 Å². The van der Waals surface area contributed by atoms with Crippen LogP contribution in [0.1, 0.15) is 35.3 Å². The van der Waals surface area contributed by atoms with Gasteiger partial charge in [0, 0.05) is 18.5 Å². The molecule has 0 saturated carbocycles. The molecule has 0 aliphatic rings. The van der Waals surface area contributed by atoms with E-state index in [1.54, 1.807) is 37.3 Å². The highest BCUT2D eigenvalue weighted by atomic mass is 35.5. The Morgan fingerprint density at radius 3 is 2.26 bits per heavy atom. The van der Waals surface area contributed by atoms with E-state index in [0.29, 0.717) is 6.54 Å². The number of nitrogens with one attached hydrogen (secondary N) is 2. The predicted molar refractivity (Wildman–Crippen MR) is 132 cm³/mol. The minimum Gasteiger partial charge on any atom is -0.454 e. The van der Waals surface area contributed by atoms with Gasteiger partial charge in [0.1, 0.15) is 11.5 Å². The van der Waals surface area contributed by atoms with Gasteiger partial charge in [-0.1, -0.05) is 35.4 Å². The average molecular weight is 501 g/mol. The van der Waals surface area contributed by atoms with Gasteiger partial charge in [-0.05, 0) is 68.8 Å². The summed E-state index contributed by atoms with van der Waals surface area (Å²) < 4.78 is 34.5. The van der Waals surface area contributed by atoms with E-state index in [-0.39, 0.29) is 50.8 Å². The number of carbonyl (C=O) groups is 2. The molecule has 0 radical (unpaired) electrons. The monoisotopic (exact) mass is 500 g/mol. The fourth-order valence-corrected chi connectivity index (χ4v) is 4.47. The van der Waals surface area contributed by atoms with E-state index in [4.69, 9.17) is 16.3 Å². The van der Waals surface area contributed by atoms with E-state index in [0.717, 1.165) is 11.1 Å². The van der Waals surface area contributed by atoms with Crippen molar-refractivity contribution in [3.8, 4) is 11.5 Å². The van der Waals surface area contributed by atoms with Crippen molar-refractivity contribution in [3.05, 3.63) is 82.4 Å². The molecular formula is C25H25ClN2O5S. The second kappa shape index (κ2) is 10.7. The fourth-order valence-electron chi connectivity index (χ4n) is 3.17. The van der Waals surface area contributed by atoms with Crippen LogP contribution >= 0.6 is 11.6 Å². The molecule has 1 amide bonds. The summed E-state index contributed by atoms with van der Waals surface area (Å²) in [7, 11) is -3.96. The summed E-state index contributed by atoms with van der Waals surface area (Å²) in [5.74, 6) is 0.0791. The third-order valence-corrected chi connectivity index (χ3v) is 6.50. The maximum atomic E-state index is 13.0. The molecule has 9 heteroatoms. The maximum Gasteiger partial charge on any atom is 0.262 e. The Morgan fingerprint density at radius 1 is 0.971 bits per heavy atom. The topological polar surface area (TPSA) is 102 Å². The van der Waals surface area contributed by atoms with Gasteiger partial charge in [-0.15, -0.1) is 0 Å². The van der Waals surface area contributed by atoms with Crippen LogP contribution in [0, 0.1) is 6.92 Å². The zero-order valence-corrected chi connectivity index (χ0v) is 20.6. The zero-order chi connectivity index (χ0) is 24.9. The van der Waals surface area contributed by atoms with Gasteiger partial charge in [0.15, 0.2) is 5.75 Å². The molecule has 0 heterocycles. The highest BCUT2D eigenvalue weighted by molar-refractivity contribution is 7.92. The summed E-state index contributed by atoms with van der Waals surface area (Å²) in [6.45, 7) is 5.55. The molecular weight excluding hydrogens is 476 g/mol. The minimum atomic E-state index is -3.96. The Labute approximate surface area is 204 Å². The minimum absolute atomic E-state index is 0.00141. The summed E-state index contributed by atoms with van der Waals surface area (Å²) in [4.78, 5) is 23.8. The number of Topliss-reactive ketones (excluding diaryl/α,β-unsaturated/α-hetero) is 1. The number of aryl methyl sites for hydroxylation is 1. The normalized spacial score (nSPS) is 11.1. The van der Waals surface area contributed by atoms with Crippen LogP contribution in [-0.4, -0.2) is 26.7 Å². The van der Waals surface area contributed by atoms with Crippen LogP contribution in [-0.2, 0) is 21.2 Å². The van der Waals surface area contributed by atoms with Gasteiger partial charge in [0.2, 0.25) is 0 Å². The lowest BCUT2D eigenvalue weighted by atomic mass is 10.1. The van der Waals surface area contributed by atoms with E-state index in [1.807, 2.05) is 6.92 Å². The molecule has 34 heavy (non-hydrogen) atoms. The van der Waals surface area contributed by atoms with Gasteiger partial charge in [-0.2, -0.15) is 0 Å². The van der Waals surface area contributed by atoms with Crippen LogP contribution in [0.3, 0.4) is 0 Å².